The van der Waals surface area contributed by atoms with Gasteiger partial charge in [0.15, 0.2) is 0 Å². The fourth-order valence-electron chi connectivity index (χ4n) is 1.90. The van der Waals surface area contributed by atoms with Crippen molar-refractivity contribution in [1.82, 2.24) is 0 Å². The van der Waals surface area contributed by atoms with Crippen molar-refractivity contribution >= 4 is 17.6 Å². The van der Waals surface area contributed by atoms with Gasteiger partial charge in [0, 0.05) is 12.1 Å². The number of anilines is 1. The highest BCUT2D eigenvalue weighted by atomic mass is 19.1. The molecule has 1 amide bonds. The molecule has 2 rings (SSSR count). The molecule has 0 aliphatic carbocycles. The van der Waals surface area contributed by atoms with Gasteiger partial charge in [-0.25, -0.2) is 9.18 Å². The second-order valence-corrected chi connectivity index (χ2v) is 4.56. The minimum absolute atomic E-state index is 0.109. The van der Waals surface area contributed by atoms with Gasteiger partial charge in [-0.15, -0.1) is 0 Å². The summed E-state index contributed by atoms with van der Waals surface area (Å²) in [6, 6.07) is 12.1. The number of carbonyl (C=O) groups is 2. The second kappa shape index (κ2) is 6.65. The Morgan fingerprint density at radius 1 is 1.10 bits per heavy atom. The van der Waals surface area contributed by atoms with Gasteiger partial charge in [0.2, 0.25) is 5.91 Å². The summed E-state index contributed by atoms with van der Waals surface area (Å²) in [5, 5.41) is 11.5. The molecule has 0 spiro atoms. The number of hydrogen-bond donors (Lipinski definition) is 2. The van der Waals surface area contributed by atoms with E-state index in [9.17, 15) is 14.0 Å². The van der Waals surface area contributed by atoms with Crippen LogP contribution in [0.3, 0.4) is 0 Å². The molecule has 2 aromatic rings. The first-order valence-electron chi connectivity index (χ1n) is 6.42. The summed E-state index contributed by atoms with van der Waals surface area (Å²) in [5.74, 6) is -1.63. The first-order chi connectivity index (χ1) is 10.0. The highest BCUT2D eigenvalue weighted by Crippen LogP contribution is 2.12. The summed E-state index contributed by atoms with van der Waals surface area (Å²) in [6.45, 7) is 0. The molecule has 0 bridgehead atoms. The van der Waals surface area contributed by atoms with Crippen molar-refractivity contribution in [3.63, 3.8) is 0 Å². The van der Waals surface area contributed by atoms with E-state index >= 15 is 0 Å². The number of rotatable bonds is 5. The topological polar surface area (TPSA) is 66.4 Å². The molecule has 0 aliphatic heterocycles. The van der Waals surface area contributed by atoms with E-state index in [0.717, 1.165) is 5.56 Å². The molecule has 0 aromatic heterocycles. The number of aromatic carboxylic acids is 1. The normalized spacial score (nSPS) is 10.1. The smallest absolute Gasteiger partial charge is 0.335 e. The van der Waals surface area contributed by atoms with Crippen molar-refractivity contribution in [2.75, 3.05) is 5.32 Å². The van der Waals surface area contributed by atoms with Gasteiger partial charge in [-0.1, -0.05) is 18.2 Å². The molecular weight excluding hydrogens is 273 g/mol. The van der Waals surface area contributed by atoms with E-state index in [1.165, 1.54) is 24.3 Å². The maximum atomic E-state index is 13.0. The van der Waals surface area contributed by atoms with Gasteiger partial charge >= 0.3 is 5.97 Å². The number of carboxylic acid groups (broad SMARTS) is 1. The van der Waals surface area contributed by atoms with Gasteiger partial charge in [0.1, 0.15) is 5.82 Å². The van der Waals surface area contributed by atoms with E-state index in [2.05, 4.69) is 5.32 Å². The molecule has 2 N–H and O–H groups in total. The Labute approximate surface area is 121 Å². The summed E-state index contributed by atoms with van der Waals surface area (Å²) < 4.78 is 13.0. The van der Waals surface area contributed by atoms with Crippen molar-refractivity contribution in [1.29, 1.82) is 0 Å². The lowest BCUT2D eigenvalue weighted by Gasteiger charge is -2.06. The SMILES string of the molecule is O=C(CCc1cccc(F)c1)Nc1cccc(C(=O)O)c1. The Morgan fingerprint density at radius 2 is 1.86 bits per heavy atom. The van der Waals surface area contributed by atoms with Crippen molar-refractivity contribution in [2.24, 2.45) is 0 Å². The van der Waals surface area contributed by atoms with Crippen LogP contribution >= 0.6 is 0 Å². The van der Waals surface area contributed by atoms with Crippen LogP contribution in [-0.4, -0.2) is 17.0 Å². The molecule has 0 radical (unpaired) electrons. The van der Waals surface area contributed by atoms with Crippen LogP contribution in [-0.2, 0) is 11.2 Å². The molecule has 108 valence electrons. The first-order valence-corrected chi connectivity index (χ1v) is 6.42. The zero-order valence-corrected chi connectivity index (χ0v) is 11.2. The van der Waals surface area contributed by atoms with E-state index in [1.54, 1.807) is 24.3 Å². The number of benzene rings is 2. The summed E-state index contributed by atoms with van der Waals surface area (Å²) in [4.78, 5) is 22.6. The van der Waals surface area contributed by atoms with Crippen LogP contribution in [0.5, 0.6) is 0 Å². The van der Waals surface area contributed by atoms with Gasteiger partial charge in [0.05, 0.1) is 5.56 Å². The van der Waals surface area contributed by atoms with Crippen LogP contribution in [0.15, 0.2) is 48.5 Å². The van der Waals surface area contributed by atoms with Gasteiger partial charge < -0.3 is 10.4 Å². The largest absolute Gasteiger partial charge is 0.478 e. The Morgan fingerprint density at radius 3 is 2.57 bits per heavy atom. The van der Waals surface area contributed by atoms with Gasteiger partial charge in [-0.3, -0.25) is 4.79 Å². The molecular formula is C16H14FNO3. The first kappa shape index (κ1) is 14.7. The van der Waals surface area contributed by atoms with Gasteiger partial charge in [-0.05, 0) is 42.3 Å². The molecule has 0 saturated carbocycles. The van der Waals surface area contributed by atoms with Crippen LogP contribution < -0.4 is 5.32 Å². The summed E-state index contributed by atoms with van der Waals surface area (Å²) in [7, 11) is 0. The maximum Gasteiger partial charge on any atom is 0.335 e. The number of carbonyl (C=O) groups excluding carboxylic acids is 1. The molecule has 0 unspecified atom stereocenters. The third-order valence-electron chi connectivity index (χ3n) is 2.92. The minimum atomic E-state index is -1.05. The number of amides is 1. The van der Waals surface area contributed by atoms with E-state index in [-0.39, 0.29) is 23.7 Å². The maximum absolute atomic E-state index is 13.0. The number of halogens is 1. The minimum Gasteiger partial charge on any atom is -0.478 e. The molecule has 0 fully saturated rings. The summed E-state index contributed by atoms with van der Waals surface area (Å²) in [5.41, 5.74) is 1.28. The molecule has 4 nitrogen and oxygen atoms in total. The molecule has 21 heavy (non-hydrogen) atoms. The van der Waals surface area contributed by atoms with E-state index < -0.39 is 5.97 Å². The third kappa shape index (κ3) is 4.42. The zero-order valence-electron chi connectivity index (χ0n) is 11.2. The lowest BCUT2D eigenvalue weighted by molar-refractivity contribution is -0.116. The van der Waals surface area contributed by atoms with Crippen LogP contribution in [0.1, 0.15) is 22.3 Å². The lowest BCUT2D eigenvalue weighted by atomic mass is 10.1. The predicted octanol–water partition coefficient (Wildman–Crippen LogP) is 3.10. The second-order valence-electron chi connectivity index (χ2n) is 4.56. The molecule has 5 heteroatoms. The number of hydrogen-bond acceptors (Lipinski definition) is 2. The van der Waals surface area contributed by atoms with Crippen LogP contribution in [0.25, 0.3) is 0 Å². The van der Waals surface area contributed by atoms with E-state index in [1.807, 2.05) is 0 Å². The number of aryl methyl sites for hydroxylation is 1. The molecule has 0 saturated heterocycles. The van der Waals surface area contributed by atoms with E-state index in [0.29, 0.717) is 12.1 Å². The highest BCUT2D eigenvalue weighted by molar-refractivity contribution is 5.93. The zero-order chi connectivity index (χ0) is 15.2. The lowest BCUT2D eigenvalue weighted by Crippen LogP contribution is -2.12. The predicted molar refractivity (Wildman–Crippen MR) is 76.8 cm³/mol. The number of nitrogens with one attached hydrogen (secondary N) is 1. The summed E-state index contributed by atoms with van der Waals surface area (Å²) >= 11 is 0. The van der Waals surface area contributed by atoms with Crippen LogP contribution in [0.4, 0.5) is 10.1 Å². The Hall–Kier alpha value is -2.69. The molecule has 0 aliphatic rings. The van der Waals surface area contributed by atoms with Crippen LogP contribution in [0.2, 0.25) is 0 Å². The fraction of sp³-hybridized carbons (Fsp3) is 0.125. The average Bonchev–Trinajstić information content (AvgIpc) is 2.45. The van der Waals surface area contributed by atoms with Gasteiger partial charge in [0.25, 0.3) is 0 Å². The fourth-order valence-corrected chi connectivity index (χ4v) is 1.90. The monoisotopic (exact) mass is 287 g/mol. The van der Waals surface area contributed by atoms with Crippen molar-refractivity contribution in [3.8, 4) is 0 Å². The Balaban J connectivity index is 1.93. The quantitative estimate of drug-likeness (QED) is 0.888. The summed E-state index contributed by atoms with van der Waals surface area (Å²) in [6.07, 6.45) is 0.614. The number of carboxylic acids is 1. The molecule has 0 heterocycles. The molecule has 0 atom stereocenters. The average molecular weight is 287 g/mol. The Kier molecular flexibility index (Phi) is 4.66. The Bertz CT molecular complexity index is 670. The van der Waals surface area contributed by atoms with Crippen LogP contribution in [0, 0.1) is 5.82 Å². The van der Waals surface area contributed by atoms with E-state index in [4.69, 9.17) is 5.11 Å². The molecule has 2 aromatic carbocycles. The van der Waals surface area contributed by atoms with Crippen molar-refractivity contribution in [2.45, 2.75) is 12.8 Å². The van der Waals surface area contributed by atoms with Crippen molar-refractivity contribution < 1.29 is 19.1 Å². The standard InChI is InChI=1S/C16H14FNO3/c17-13-5-1-3-11(9-13)7-8-15(19)18-14-6-2-4-12(10-14)16(20)21/h1-6,9-10H,7-8H2,(H,18,19)(H,20,21). The third-order valence-corrected chi connectivity index (χ3v) is 2.92. The van der Waals surface area contributed by atoms with Gasteiger partial charge in [-0.2, -0.15) is 0 Å². The highest BCUT2D eigenvalue weighted by Gasteiger charge is 2.07. The van der Waals surface area contributed by atoms with Crippen molar-refractivity contribution in [3.05, 3.63) is 65.5 Å².